The molecule has 2 amide bonds. The topological polar surface area (TPSA) is 62.8 Å². The van der Waals surface area contributed by atoms with Crippen LogP contribution in [0, 0.1) is 5.82 Å². The van der Waals surface area contributed by atoms with E-state index >= 15 is 0 Å². The number of amides is 2. The average molecular weight is 442 g/mol. The van der Waals surface area contributed by atoms with Crippen LogP contribution in [0.15, 0.2) is 42.5 Å². The molecule has 0 radical (unpaired) electrons. The Labute approximate surface area is 189 Å². The van der Waals surface area contributed by atoms with E-state index in [-0.39, 0.29) is 23.3 Å². The van der Waals surface area contributed by atoms with E-state index in [0.29, 0.717) is 12.6 Å². The summed E-state index contributed by atoms with van der Waals surface area (Å²) in [6, 6.07) is 12.7. The number of nitrogens with one attached hydrogen (secondary N) is 2. The zero-order chi connectivity index (χ0) is 22.7. The van der Waals surface area contributed by atoms with Crippen molar-refractivity contribution in [3.8, 4) is 11.5 Å². The molecule has 0 bridgehead atoms. The molecule has 172 valence electrons. The van der Waals surface area contributed by atoms with Gasteiger partial charge in [0, 0.05) is 24.0 Å². The van der Waals surface area contributed by atoms with Gasteiger partial charge in [0.2, 0.25) is 0 Å². The fourth-order valence-electron chi connectivity index (χ4n) is 5.42. The van der Waals surface area contributed by atoms with Crippen molar-refractivity contribution in [3.63, 3.8) is 0 Å². The minimum absolute atomic E-state index is 0.0526. The van der Waals surface area contributed by atoms with E-state index in [9.17, 15) is 9.18 Å². The zero-order valence-corrected chi connectivity index (χ0v) is 19.0. The molecule has 7 heteroatoms. The van der Waals surface area contributed by atoms with Gasteiger partial charge in [-0.25, -0.2) is 9.18 Å². The number of fused-ring (bicyclic) bond motifs is 1. The molecule has 32 heavy (non-hydrogen) atoms. The largest absolute Gasteiger partial charge is 0.493 e. The fraction of sp³-hybridized carbons (Fsp3) is 0.480. The summed E-state index contributed by atoms with van der Waals surface area (Å²) < 4.78 is 24.0. The molecule has 2 fully saturated rings. The summed E-state index contributed by atoms with van der Waals surface area (Å²) in [6.07, 6.45) is 3.91. The predicted molar refractivity (Wildman–Crippen MR) is 122 cm³/mol. The first-order chi connectivity index (χ1) is 15.4. The molecular weight excluding hydrogens is 409 g/mol. The first-order valence-electron chi connectivity index (χ1n) is 11.2. The molecule has 0 spiro atoms. The summed E-state index contributed by atoms with van der Waals surface area (Å²) in [7, 11) is 5.49. The second kappa shape index (κ2) is 9.36. The second-order valence-corrected chi connectivity index (χ2v) is 8.90. The summed E-state index contributed by atoms with van der Waals surface area (Å²) in [4.78, 5) is 14.9. The van der Waals surface area contributed by atoms with Crippen molar-refractivity contribution in [2.24, 2.45) is 0 Å². The molecule has 1 aliphatic heterocycles. The number of urea groups is 1. The number of hydrogen-bond donors (Lipinski definition) is 2. The van der Waals surface area contributed by atoms with Crippen LogP contribution in [0.3, 0.4) is 0 Å². The van der Waals surface area contributed by atoms with Crippen LogP contribution in [0.5, 0.6) is 11.5 Å². The first kappa shape index (κ1) is 22.4. The number of methoxy groups -OCH3 is 2. The summed E-state index contributed by atoms with van der Waals surface area (Å²) in [6.45, 7) is 1.40. The molecule has 2 aromatic carbocycles. The number of carbonyl (C=O) groups excluding carboxylic acids is 1. The highest BCUT2D eigenvalue weighted by molar-refractivity contribution is 5.74. The van der Waals surface area contributed by atoms with E-state index in [1.54, 1.807) is 26.4 Å². The molecule has 2 aromatic rings. The molecule has 1 saturated carbocycles. The number of likely N-dealkylation sites (N-methyl/N-ethyl adjacent to an activating group) is 1. The number of halogens is 1. The smallest absolute Gasteiger partial charge is 0.315 e. The minimum Gasteiger partial charge on any atom is -0.493 e. The lowest BCUT2D eigenvalue weighted by Gasteiger charge is -2.45. The van der Waals surface area contributed by atoms with E-state index in [1.807, 2.05) is 6.07 Å². The summed E-state index contributed by atoms with van der Waals surface area (Å²) in [5, 5.41) is 6.04. The lowest BCUT2D eigenvalue weighted by atomic mass is 9.65. The Bertz CT molecular complexity index is 952. The maximum atomic E-state index is 13.1. The Morgan fingerprint density at radius 3 is 2.59 bits per heavy atom. The molecule has 2 aliphatic rings. The third-order valence-corrected chi connectivity index (χ3v) is 7.19. The third kappa shape index (κ3) is 4.39. The van der Waals surface area contributed by atoms with Crippen LogP contribution in [0.1, 0.15) is 36.8 Å². The Kier molecular flexibility index (Phi) is 6.55. The van der Waals surface area contributed by atoms with Gasteiger partial charge in [-0.15, -0.1) is 0 Å². The van der Waals surface area contributed by atoms with E-state index in [4.69, 9.17) is 9.47 Å². The molecule has 6 nitrogen and oxygen atoms in total. The molecule has 1 heterocycles. The van der Waals surface area contributed by atoms with Gasteiger partial charge in [0.05, 0.1) is 14.2 Å². The number of hydrogen-bond acceptors (Lipinski definition) is 4. The maximum absolute atomic E-state index is 13.1. The number of rotatable bonds is 6. The normalized spacial score (nSPS) is 25.1. The molecule has 0 unspecified atom stereocenters. The van der Waals surface area contributed by atoms with Crippen LogP contribution >= 0.6 is 0 Å². The monoisotopic (exact) mass is 441 g/mol. The molecule has 0 aromatic heterocycles. The summed E-state index contributed by atoms with van der Waals surface area (Å²) in [5.74, 6) is 1.22. The van der Waals surface area contributed by atoms with Gasteiger partial charge in [0.25, 0.3) is 0 Å². The van der Waals surface area contributed by atoms with Crippen molar-refractivity contribution in [3.05, 3.63) is 59.4 Å². The van der Waals surface area contributed by atoms with E-state index < -0.39 is 0 Å². The van der Waals surface area contributed by atoms with Gasteiger partial charge >= 0.3 is 6.03 Å². The number of nitrogens with zero attached hydrogens (tertiary/aromatic N) is 1. The Morgan fingerprint density at radius 2 is 1.88 bits per heavy atom. The quantitative estimate of drug-likeness (QED) is 0.715. The lowest BCUT2D eigenvalue weighted by Crippen LogP contribution is -2.53. The van der Waals surface area contributed by atoms with Gasteiger partial charge in [0.1, 0.15) is 5.82 Å². The van der Waals surface area contributed by atoms with E-state index in [0.717, 1.165) is 49.3 Å². The number of likely N-dealkylation sites (tertiary alicyclic amines) is 1. The van der Waals surface area contributed by atoms with Gasteiger partial charge in [0.15, 0.2) is 11.5 Å². The molecular formula is C25H32FN3O3. The van der Waals surface area contributed by atoms with Crippen LogP contribution in [-0.2, 0) is 12.0 Å². The van der Waals surface area contributed by atoms with Crippen LogP contribution in [0.2, 0.25) is 0 Å². The minimum atomic E-state index is -0.279. The molecule has 3 atom stereocenters. The third-order valence-electron chi connectivity index (χ3n) is 7.19. The van der Waals surface area contributed by atoms with Crippen molar-refractivity contribution >= 4 is 6.03 Å². The summed E-state index contributed by atoms with van der Waals surface area (Å²) >= 11 is 0. The zero-order valence-electron chi connectivity index (χ0n) is 19.0. The van der Waals surface area contributed by atoms with Gasteiger partial charge in [-0.2, -0.15) is 0 Å². The maximum Gasteiger partial charge on any atom is 0.315 e. The molecule has 1 saturated heterocycles. The van der Waals surface area contributed by atoms with E-state index in [2.05, 4.69) is 34.7 Å². The number of carbonyl (C=O) groups is 1. The Morgan fingerprint density at radius 1 is 1.12 bits per heavy atom. The van der Waals surface area contributed by atoms with Crippen molar-refractivity contribution < 1.29 is 18.7 Å². The van der Waals surface area contributed by atoms with Crippen molar-refractivity contribution in [1.29, 1.82) is 0 Å². The Hall–Kier alpha value is -2.80. The highest BCUT2D eigenvalue weighted by Gasteiger charge is 2.50. The molecule has 2 N–H and O–H groups in total. The molecule has 1 aliphatic carbocycles. The number of benzene rings is 2. The predicted octanol–water partition coefficient (Wildman–Crippen LogP) is 3.84. The Balaban J connectivity index is 1.42. The van der Waals surface area contributed by atoms with Crippen molar-refractivity contribution in [1.82, 2.24) is 15.5 Å². The average Bonchev–Trinajstić information content (AvgIpc) is 3.15. The van der Waals surface area contributed by atoms with Crippen molar-refractivity contribution in [2.45, 2.75) is 49.7 Å². The molecule has 4 rings (SSSR count). The van der Waals surface area contributed by atoms with Crippen molar-refractivity contribution in [2.75, 3.05) is 27.8 Å². The van der Waals surface area contributed by atoms with Crippen LogP contribution in [0.25, 0.3) is 0 Å². The number of ether oxygens (including phenoxy) is 2. The lowest BCUT2D eigenvalue weighted by molar-refractivity contribution is 0.154. The highest BCUT2D eigenvalue weighted by Crippen LogP contribution is 2.49. The first-order valence-corrected chi connectivity index (χ1v) is 11.2. The fourth-order valence-corrected chi connectivity index (χ4v) is 5.42. The van der Waals surface area contributed by atoms with Gasteiger partial charge in [-0.3, -0.25) is 0 Å². The van der Waals surface area contributed by atoms with Gasteiger partial charge in [-0.1, -0.05) is 18.2 Å². The van der Waals surface area contributed by atoms with Crippen LogP contribution < -0.4 is 20.1 Å². The van der Waals surface area contributed by atoms with Gasteiger partial charge < -0.3 is 25.0 Å². The second-order valence-electron chi connectivity index (χ2n) is 8.90. The van der Waals surface area contributed by atoms with Crippen LogP contribution in [-0.4, -0.2) is 50.8 Å². The standard InChI is InChI=1S/C25H32FN3O3/c1-29-13-12-25(18-6-9-21(31-2)22(14-18)32-3)11-10-20(15-23(25)29)28-24(30)27-16-17-4-7-19(26)8-5-17/h4-9,14,20,23H,10-13,15-16H2,1-3H3,(H2,27,28,30)/t20-,23+,25+/m1/s1. The summed E-state index contributed by atoms with van der Waals surface area (Å²) in [5.41, 5.74) is 2.20. The highest BCUT2D eigenvalue weighted by atomic mass is 19.1. The SMILES string of the molecule is COc1ccc([C@@]23CC[C@@H](NC(=O)NCc4ccc(F)cc4)C[C@@H]2N(C)CC3)cc1OC. The van der Waals surface area contributed by atoms with Crippen LogP contribution in [0.4, 0.5) is 9.18 Å². The van der Waals surface area contributed by atoms with Gasteiger partial charge in [-0.05, 0) is 74.7 Å². The van der Waals surface area contributed by atoms with E-state index in [1.165, 1.54) is 17.7 Å².